The summed E-state index contributed by atoms with van der Waals surface area (Å²) in [6.45, 7) is 3.67. The third-order valence-corrected chi connectivity index (χ3v) is 7.04. The van der Waals surface area contributed by atoms with Crippen LogP contribution in [0.2, 0.25) is 0 Å². The molecule has 3 heterocycles. The van der Waals surface area contributed by atoms with E-state index in [0.717, 1.165) is 24.3 Å². The van der Waals surface area contributed by atoms with Crippen LogP contribution in [0.25, 0.3) is 0 Å². The Balaban J connectivity index is 1.33. The first-order valence-electron chi connectivity index (χ1n) is 10.3. The standard InChI is InChI=1S/C20H28N4O3S/c25-18(14-16-19(26)21-7-8-24(16)15-4-1-2-5-15)22-9-11-23(12-10-22)20(27)17-6-3-13-28-17/h3,6,13,15-16H,1-2,4-5,7-12,14H2,(H,21,26)/t16-/m1/s1. The molecule has 1 aromatic heterocycles. The average molecular weight is 405 g/mol. The minimum atomic E-state index is -0.352. The normalized spacial score (nSPS) is 24.4. The summed E-state index contributed by atoms with van der Waals surface area (Å²) in [4.78, 5) is 44.5. The van der Waals surface area contributed by atoms with Crippen molar-refractivity contribution in [3.05, 3.63) is 22.4 Å². The maximum Gasteiger partial charge on any atom is 0.264 e. The lowest BCUT2D eigenvalue weighted by atomic mass is 10.0. The van der Waals surface area contributed by atoms with Crippen molar-refractivity contribution in [3.63, 3.8) is 0 Å². The SMILES string of the molecule is O=C1NCCN(C2CCCC2)[C@@H]1CC(=O)N1CCN(C(=O)c2cccs2)CC1. The first kappa shape index (κ1) is 19.4. The van der Waals surface area contributed by atoms with E-state index in [1.165, 1.54) is 24.2 Å². The molecule has 2 saturated heterocycles. The molecule has 0 spiro atoms. The fraction of sp³-hybridized carbons (Fsp3) is 0.650. The Hall–Kier alpha value is -1.93. The maximum absolute atomic E-state index is 12.9. The highest BCUT2D eigenvalue weighted by Gasteiger charge is 2.38. The van der Waals surface area contributed by atoms with Crippen molar-refractivity contribution in [1.29, 1.82) is 0 Å². The summed E-state index contributed by atoms with van der Waals surface area (Å²) in [6.07, 6.45) is 4.91. The molecule has 7 nitrogen and oxygen atoms in total. The number of carbonyl (C=O) groups excluding carboxylic acids is 3. The van der Waals surface area contributed by atoms with E-state index in [9.17, 15) is 14.4 Å². The van der Waals surface area contributed by atoms with E-state index in [-0.39, 0.29) is 30.2 Å². The van der Waals surface area contributed by atoms with Gasteiger partial charge in [-0.1, -0.05) is 18.9 Å². The quantitative estimate of drug-likeness (QED) is 0.818. The highest BCUT2D eigenvalue weighted by Crippen LogP contribution is 2.27. The highest BCUT2D eigenvalue weighted by molar-refractivity contribution is 7.12. The van der Waals surface area contributed by atoms with Gasteiger partial charge in [0, 0.05) is 45.3 Å². The molecular formula is C20H28N4O3S. The molecule has 28 heavy (non-hydrogen) atoms. The number of hydrogen-bond acceptors (Lipinski definition) is 5. The largest absolute Gasteiger partial charge is 0.353 e. The van der Waals surface area contributed by atoms with Gasteiger partial charge < -0.3 is 15.1 Å². The van der Waals surface area contributed by atoms with Crippen molar-refractivity contribution in [3.8, 4) is 0 Å². The van der Waals surface area contributed by atoms with E-state index in [0.29, 0.717) is 38.8 Å². The Kier molecular flexibility index (Phi) is 5.96. The number of nitrogens with zero attached hydrogens (tertiary/aromatic N) is 3. The molecule has 0 radical (unpaired) electrons. The molecule has 0 aromatic carbocycles. The predicted molar refractivity (Wildman–Crippen MR) is 107 cm³/mol. The monoisotopic (exact) mass is 404 g/mol. The molecule has 1 atom stereocenters. The molecule has 1 aliphatic carbocycles. The van der Waals surface area contributed by atoms with Gasteiger partial charge in [-0.2, -0.15) is 0 Å². The van der Waals surface area contributed by atoms with Crippen LogP contribution in [0.4, 0.5) is 0 Å². The first-order valence-corrected chi connectivity index (χ1v) is 11.2. The maximum atomic E-state index is 12.9. The van der Waals surface area contributed by atoms with Gasteiger partial charge in [-0.15, -0.1) is 11.3 Å². The second kappa shape index (κ2) is 8.61. The number of thiophene rings is 1. The highest BCUT2D eigenvalue weighted by atomic mass is 32.1. The van der Waals surface area contributed by atoms with Gasteiger partial charge in [-0.05, 0) is 24.3 Å². The van der Waals surface area contributed by atoms with Crippen LogP contribution in [0.15, 0.2) is 17.5 Å². The van der Waals surface area contributed by atoms with E-state index >= 15 is 0 Å². The number of carbonyl (C=O) groups is 3. The lowest BCUT2D eigenvalue weighted by molar-refractivity contribution is -0.140. The lowest BCUT2D eigenvalue weighted by Crippen LogP contribution is -2.60. The van der Waals surface area contributed by atoms with Crippen molar-refractivity contribution in [1.82, 2.24) is 20.0 Å². The van der Waals surface area contributed by atoms with Crippen LogP contribution in [0, 0.1) is 0 Å². The molecule has 3 aliphatic rings. The van der Waals surface area contributed by atoms with Gasteiger partial charge in [0.15, 0.2) is 0 Å². The first-order chi connectivity index (χ1) is 13.6. The van der Waals surface area contributed by atoms with Gasteiger partial charge in [0.2, 0.25) is 11.8 Å². The van der Waals surface area contributed by atoms with Crippen molar-refractivity contribution >= 4 is 29.1 Å². The number of nitrogens with one attached hydrogen (secondary N) is 1. The van der Waals surface area contributed by atoms with Gasteiger partial charge in [0.1, 0.15) is 0 Å². The Morgan fingerprint density at radius 3 is 2.46 bits per heavy atom. The zero-order chi connectivity index (χ0) is 19.5. The summed E-state index contributed by atoms with van der Waals surface area (Å²) in [5.74, 6) is 0.0486. The number of rotatable bonds is 4. The molecule has 2 aliphatic heterocycles. The fourth-order valence-electron chi connectivity index (χ4n) is 4.62. The van der Waals surface area contributed by atoms with E-state index in [2.05, 4.69) is 10.2 Å². The molecule has 1 saturated carbocycles. The number of amides is 3. The lowest BCUT2D eigenvalue weighted by Gasteiger charge is -2.40. The summed E-state index contributed by atoms with van der Waals surface area (Å²) in [5.41, 5.74) is 0. The molecule has 8 heteroatoms. The number of piperazine rings is 2. The topological polar surface area (TPSA) is 73.0 Å². The van der Waals surface area contributed by atoms with E-state index in [1.807, 2.05) is 27.3 Å². The van der Waals surface area contributed by atoms with Crippen molar-refractivity contribution in [2.24, 2.45) is 0 Å². The molecule has 0 bridgehead atoms. The fourth-order valence-corrected chi connectivity index (χ4v) is 5.32. The predicted octanol–water partition coefficient (Wildman–Crippen LogP) is 1.17. The van der Waals surface area contributed by atoms with Crippen LogP contribution in [-0.2, 0) is 9.59 Å². The zero-order valence-corrected chi connectivity index (χ0v) is 17.0. The molecule has 0 unspecified atom stereocenters. The van der Waals surface area contributed by atoms with Crippen LogP contribution in [0.5, 0.6) is 0 Å². The molecule has 1 N–H and O–H groups in total. The smallest absolute Gasteiger partial charge is 0.264 e. The van der Waals surface area contributed by atoms with Gasteiger partial charge in [0.25, 0.3) is 5.91 Å². The van der Waals surface area contributed by atoms with Gasteiger partial charge in [0.05, 0.1) is 17.3 Å². The van der Waals surface area contributed by atoms with Gasteiger partial charge >= 0.3 is 0 Å². The Morgan fingerprint density at radius 2 is 1.79 bits per heavy atom. The summed E-state index contributed by atoms with van der Waals surface area (Å²) in [5, 5.41) is 4.83. The summed E-state index contributed by atoms with van der Waals surface area (Å²) < 4.78 is 0. The van der Waals surface area contributed by atoms with E-state index < -0.39 is 0 Å². The van der Waals surface area contributed by atoms with Crippen LogP contribution in [-0.4, -0.2) is 83.8 Å². The Morgan fingerprint density at radius 1 is 1.07 bits per heavy atom. The van der Waals surface area contributed by atoms with Crippen LogP contribution >= 0.6 is 11.3 Å². The molecular weight excluding hydrogens is 376 g/mol. The second-order valence-corrected chi connectivity index (χ2v) is 8.79. The molecule has 3 amide bonds. The van der Waals surface area contributed by atoms with Crippen LogP contribution in [0.3, 0.4) is 0 Å². The second-order valence-electron chi connectivity index (χ2n) is 7.84. The summed E-state index contributed by atoms with van der Waals surface area (Å²) >= 11 is 1.45. The van der Waals surface area contributed by atoms with Crippen molar-refractivity contribution in [2.45, 2.75) is 44.2 Å². The third kappa shape index (κ3) is 4.07. The Labute approximate surface area is 169 Å². The van der Waals surface area contributed by atoms with Crippen molar-refractivity contribution in [2.75, 3.05) is 39.3 Å². The van der Waals surface area contributed by atoms with Gasteiger partial charge in [-0.3, -0.25) is 19.3 Å². The molecule has 3 fully saturated rings. The van der Waals surface area contributed by atoms with E-state index in [4.69, 9.17) is 0 Å². The van der Waals surface area contributed by atoms with Crippen molar-refractivity contribution < 1.29 is 14.4 Å². The minimum absolute atomic E-state index is 0.0157. The molecule has 4 rings (SSSR count). The van der Waals surface area contributed by atoms with Gasteiger partial charge in [-0.25, -0.2) is 0 Å². The summed E-state index contributed by atoms with van der Waals surface area (Å²) in [7, 11) is 0. The summed E-state index contributed by atoms with van der Waals surface area (Å²) in [6, 6.07) is 3.80. The van der Waals surface area contributed by atoms with E-state index in [1.54, 1.807) is 0 Å². The number of hydrogen-bond donors (Lipinski definition) is 1. The Bertz CT molecular complexity index is 709. The third-order valence-electron chi connectivity index (χ3n) is 6.19. The van der Waals surface area contributed by atoms with Crippen LogP contribution < -0.4 is 5.32 Å². The zero-order valence-electron chi connectivity index (χ0n) is 16.1. The minimum Gasteiger partial charge on any atom is -0.353 e. The molecule has 1 aromatic rings. The molecule has 152 valence electrons. The average Bonchev–Trinajstić information content (AvgIpc) is 3.43. The van der Waals surface area contributed by atoms with Crippen LogP contribution in [0.1, 0.15) is 41.8 Å².